The minimum atomic E-state index is -1.06. The van der Waals surface area contributed by atoms with E-state index in [4.69, 9.17) is 5.11 Å². The number of carboxylic acids is 1. The zero-order chi connectivity index (χ0) is 13.1. The van der Waals surface area contributed by atoms with Crippen molar-refractivity contribution < 1.29 is 14.7 Å². The zero-order valence-electron chi connectivity index (χ0n) is 10.1. The number of urea groups is 1. The van der Waals surface area contributed by atoms with Gasteiger partial charge in [0, 0.05) is 25.8 Å². The Morgan fingerprint density at radius 2 is 2.22 bits per heavy atom. The van der Waals surface area contributed by atoms with E-state index in [1.165, 1.54) is 12.3 Å². The van der Waals surface area contributed by atoms with Crippen molar-refractivity contribution in [2.45, 2.75) is 25.4 Å². The third kappa shape index (κ3) is 2.97. The van der Waals surface area contributed by atoms with E-state index in [-0.39, 0.29) is 11.7 Å². The van der Waals surface area contributed by atoms with Crippen LogP contribution in [0.1, 0.15) is 28.9 Å². The van der Waals surface area contributed by atoms with Gasteiger partial charge in [-0.25, -0.2) is 14.6 Å². The van der Waals surface area contributed by atoms with Gasteiger partial charge < -0.3 is 15.3 Å². The molecule has 18 heavy (non-hydrogen) atoms. The maximum Gasteiger partial charge on any atom is 0.354 e. The van der Waals surface area contributed by atoms with Crippen LogP contribution in [0.2, 0.25) is 0 Å². The molecule has 1 aromatic rings. The second kappa shape index (κ2) is 5.03. The summed E-state index contributed by atoms with van der Waals surface area (Å²) in [5, 5.41) is 11.5. The summed E-state index contributed by atoms with van der Waals surface area (Å²) in [7, 11) is 1.78. The van der Waals surface area contributed by atoms with Crippen molar-refractivity contribution in [2.75, 3.05) is 7.05 Å². The van der Waals surface area contributed by atoms with Crippen LogP contribution in [-0.2, 0) is 6.54 Å². The molecule has 1 aromatic heterocycles. The predicted octanol–water partition coefficient (Wildman–Crippen LogP) is 1.08. The molecular weight excluding hydrogens is 234 g/mol. The van der Waals surface area contributed by atoms with E-state index in [0.29, 0.717) is 12.6 Å². The van der Waals surface area contributed by atoms with Gasteiger partial charge in [-0.1, -0.05) is 6.07 Å². The Hall–Kier alpha value is -2.11. The van der Waals surface area contributed by atoms with Crippen LogP contribution in [0.25, 0.3) is 0 Å². The lowest BCUT2D eigenvalue weighted by Gasteiger charge is -2.16. The van der Waals surface area contributed by atoms with Gasteiger partial charge in [-0.15, -0.1) is 0 Å². The molecule has 0 atom stereocenters. The van der Waals surface area contributed by atoms with Crippen LogP contribution in [0.15, 0.2) is 18.3 Å². The molecule has 0 radical (unpaired) electrons. The van der Waals surface area contributed by atoms with Gasteiger partial charge in [-0.05, 0) is 24.5 Å². The lowest BCUT2D eigenvalue weighted by molar-refractivity contribution is 0.0690. The summed E-state index contributed by atoms with van der Waals surface area (Å²) < 4.78 is 0. The molecule has 1 aliphatic rings. The molecule has 0 saturated heterocycles. The van der Waals surface area contributed by atoms with Crippen LogP contribution >= 0.6 is 0 Å². The number of amides is 2. The van der Waals surface area contributed by atoms with E-state index in [1.54, 1.807) is 18.0 Å². The normalized spacial score (nSPS) is 14.1. The number of carboxylic acid groups (broad SMARTS) is 1. The monoisotopic (exact) mass is 249 g/mol. The Bertz CT molecular complexity index is 454. The number of nitrogens with one attached hydrogen (secondary N) is 1. The van der Waals surface area contributed by atoms with Crippen molar-refractivity contribution in [3.05, 3.63) is 29.6 Å². The van der Waals surface area contributed by atoms with E-state index in [0.717, 1.165) is 18.4 Å². The lowest BCUT2D eigenvalue weighted by atomic mass is 10.2. The molecule has 0 aliphatic heterocycles. The number of carbonyl (C=O) groups is 2. The fourth-order valence-electron chi connectivity index (χ4n) is 1.59. The first-order valence-electron chi connectivity index (χ1n) is 5.77. The van der Waals surface area contributed by atoms with E-state index < -0.39 is 5.97 Å². The minimum absolute atomic E-state index is 0.000162. The van der Waals surface area contributed by atoms with Crippen molar-refractivity contribution in [3.8, 4) is 0 Å². The van der Waals surface area contributed by atoms with Crippen molar-refractivity contribution in [3.63, 3.8) is 0 Å². The van der Waals surface area contributed by atoms with Crippen LogP contribution in [-0.4, -0.2) is 40.1 Å². The summed E-state index contributed by atoms with van der Waals surface area (Å²) >= 11 is 0. The summed E-state index contributed by atoms with van der Waals surface area (Å²) in [5.74, 6) is -1.06. The maximum atomic E-state index is 11.7. The highest BCUT2D eigenvalue weighted by molar-refractivity contribution is 5.85. The summed E-state index contributed by atoms with van der Waals surface area (Å²) in [6.07, 6.45) is 3.60. The van der Waals surface area contributed by atoms with Gasteiger partial charge >= 0.3 is 12.0 Å². The van der Waals surface area contributed by atoms with Crippen molar-refractivity contribution in [2.24, 2.45) is 0 Å². The number of rotatable bonds is 4. The Morgan fingerprint density at radius 1 is 1.50 bits per heavy atom. The summed E-state index contributed by atoms with van der Waals surface area (Å²) in [6, 6.07) is 3.33. The second-order valence-electron chi connectivity index (χ2n) is 4.36. The first-order valence-corrected chi connectivity index (χ1v) is 5.77. The molecule has 6 nitrogen and oxygen atoms in total. The smallest absolute Gasteiger partial charge is 0.354 e. The Kier molecular flexibility index (Phi) is 3.45. The van der Waals surface area contributed by atoms with Gasteiger partial charge in [0.15, 0.2) is 0 Å². The number of pyridine rings is 1. The highest BCUT2D eigenvalue weighted by Gasteiger charge is 2.29. The number of aromatic carboxylic acids is 1. The molecule has 0 spiro atoms. The van der Waals surface area contributed by atoms with Crippen LogP contribution in [0.5, 0.6) is 0 Å². The molecule has 1 aliphatic carbocycles. The Morgan fingerprint density at radius 3 is 2.72 bits per heavy atom. The molecule has 2 N–H and O–H groups in total. The quantitative estimate of drug-likeness (QED) is 0.836. The largest absolute Gasteiger partial charge is 0.477 e. The molecule has 1 heterocycles. The van der Waals surface area contributed by atoms with Crippen LogP contribution in [0.4, 0.5) is 4.79 Å². The van der Waals surface area contributed by atoms with Gasteiger partial charge in [0.2, 0.25) is 0 Å². The van der Waals surface area contributed by atoms with Gasteiger partial charge in [0.25, 0.3) is 0 Å². The van der Waals surface area contributed by atoms with Crippen LogP contribution in [0.3, 0.4) is 0 Å². The maximum absolute atomic E-state index is 11.7. The molecule has 0 unspecified atom stereocenters. The standard InChI is InChI=1S/C12H15N3O3/c1-15(9-3-4-9)12(18)14-7-8-2-5-10(11(16)17)13-6-8/h2,5-6,9H,3-4,7H2,1H3,(H,14,18)(H,16,17). The molecule has 6 heteroatoms. The fourth-order valence-corrected chi connectivity index (χ4v) is 1.59. The molecule has 96 valence electrons. The fraction of sp³-hybridized carbons (Fsp3) is 0.417. The van der Waals surface area contributed by atoms with E-state index in [1.807, 2.05) is 0 Å². The van der Waals surface area contributed by atoms with Crippen molar-refractivity contribution in [1.82, 2.24) is 15.2 Å². The summed E-state index contributed by atoms with van der Waals surface area (Å²) in [6.45, 7) is 0.350. The third-order valence-corrected chi connectivity index (χ3v) is 2.90. The lowest BCUT2D eigenvalue weighted by Crippen LogP contribution is -2.38. The van der Waals surface area contributed by atoms with E-state index >= 15 is 0 Å². The number of nitrogens with zero attached hydrogens (tertiary/aromatic N) is 2. The molecule has 2 amide bonds. The van der Waals surface area contributed by atoms with Crippen LogP contribution in [0, 0.1) is 0 Å². The number of aromatic nitrogens is 1. The van der Waals surface area contributed by atoms with Gasteiger partial charge in [-0.2, -0.15) is 0 Å². The van der Waals surface area contributed by atoms with Crippen molar-refractivity contribution in [1.29, 1.82) is 0 Å². The third-order valence-electron chi connectivity index (χ3n) is 2.90. The summed E-state index contributed by atoms with van der Waals surface area (Å²) in [4.78, 5) is 27.8. The summed E-state index contributed by atoms with van der Waals surface area (Å²) in [5.41, 5.74) is 0.776. The van der Waals surface area contributed by atoms with Gasteiger partial charge in [0.1, 0.15) is 5.69 Å². The van der Waals surface area contributed by atoms with E-state index in [2.05, 4.69) is 10.3 Å². The highest BCUT2D eigenvalue weighted by atomic mass is 16.4. The molecule has 2 rings (SSSR count). The van der Waals surface area contributed by atoms with E-state index in [9.17, 15) is 9.59 Å². The number of hydrogen-bond donors (Lipinski definition) is 2. The first kappa shape index (κ1) is 12.3. The molecule has 0 aromatic carbocycles. The average Bonchev–Trinajstić information content (AvgIpc) is 3.19. The topological polar surface area (TPSA) is 82.5 Å². The Balaban J connectivity index is 1.85. The van der Waals surface area contributed by atoms with Crippen LogP contribution < -0.4 is 5.32 Å². The molecule has 1 saturated carbocycles. The zero-order valence-corrected chi connectivity index (χ0v) is 10.1. The highest BCUT2D eigenvalue weighted by Crippen LogP contribution is 2.25. The average molecular weight is 249 g/mol. The second-order valence-corrected chi connectivity index (χ2v) is 4.36. The van der Waals surface area contributed by atoms with Crippen molar-refractivity contribution >= 4 is 12.0 Å². The number of carbonyl (C=O) groups excluding carboxylic acids is 1. The SMILES string of the molecule is CN(C(=O)NCc1ccc(C(=O)O)nc1)C1CC1. The molecular formula is C12H15N3O3. The molecule has 0 bridgehead atoms. The first-order chi connectivity index (χ1) is 8.58. The van der Waals surface area contributed by atoms with Gasteiger partial charge in [-0.3, -0.25) is 0 Å². The number of hydrogen-bond acceptors (Lipinski definition) is 3. The minimum Gasteiger partial charge on any atom is -0.477 e. The van der Waals surface area contributed by atoms with Gasteiger partial charge in [0.05, 0.1) is 0 Å². The predicted molar refractivity (Wildman–Crippen MR) is 64.2 cm³/mol. The Labute approximate surface area is 105 Å². The molecule has 1 fully saturated rings.